The van der Waals surface area contributed by atoms with Crippen LogP contribution in [0.2, 0.25) is 0 Å². The lowest BCUT2D eigenvalue weighted by molar-refractivity contribution is -0.126. The van der Waals surface area contributed by atoms with Gasteiger partial charge >= 0.3 is 0 Å². The third-order valence-corrected chi connectivity index (χ3v) is 2.01. The molecule has 0 aliphatic rings. The summed E-state index contributed by atoms with van der Waals surface area (Å²) in [6.07, 6.45) is 4.64. The zero-order valence-electron chi connectivity index (χ0n) is 11.3. The van der Waals surface area contributed by atoms with Crippen LogP contribution in [0.1, 0.15) is 41.0 Å². The normalized spacial score (nSPS) is 9.31. The smallest absolute Gasteiger partial charge is 0.223 e. The number of carbonyl (C=O) groups excluding carboxylic acids is 1. The first kappa shape index (κ1) is 17.1. The van der Waals surface area contributed by atoms with Crippen molar-refractivity contribution in [2.75, 3.05) is 6.54 Å². The number of hydrogen-bond acceptors (Lipinski definition) is 1. The van der Waals surface area contributed by atoms with E-state index in [2.05, 4.69) is 13.2 Å². The Morgan fingerprint density at radius 2 is 1.69 bits per heavy atom. The lowest BCUT2D eigenvalue weighted by Crippen LogP contribution is -2.26. The summed E-state index contributed by atoms with van der Waals surface area (Å²) in [5.74, 6) is 0.0178. The first-order valence-corrected chi connectivity index (χ1v) is 5.85. The topological polar surface area (TPSA) is 20.3 Å². The van der Waals surface area contributed by atoms with Crippen molar-refractivity contribution in [3.8, 4) is 0 Å². The van der Waals surface area contributed by atoms with Crippen molar-refractivity contribution in [1.29, 1.82) is 0 Å². The number of amides is 1. The molecule has 0 aliphatic carbocycles. The van der Waals surface area contributed by atoms with Crippen LogP contribution in [0.5, 0.6) is 0 Å². The van der Waals surface area contributed by atoms with Crippen LogP contribution in [0.25, 0.3) is 0 Å². The zero-order valence-corrected chi connectivity index (χ0v) is 11.3. The van der Waals surface area contributed by atoms with E-state index < -0.39 is 0 Å². The van der Waals surface area contributed by atoms with Crippen molar-refractivity contribution in [2.45, 2.75) is 41.0 Å². The standard InChI is InChI=1S/C12H19NO.C2H6/c1-6-10(3)8-9-11(4)13(7-2)12(5)14;1-2/h8-9H,3-4,6-7H2,1-2,5H3;1-2H3/b9-8-;. The highest BCUT2D eigenvalue weighted by atomic mass is 16.2. The van der Waals surface area contributed by atoms with Gasteiger partial charge in [-0.1, -0.05) is 45.6 Å². The molecule has 0 spiro atoms. The molecule has 0 aromatic rings. The first-order valence-electron chi connectivity index (χ1n) is 5.85. The number of allylic oxidation sites excluding steroid dienone is 3. The van der Waals surface area contributed by atoms with Gasteiger partial charge in [-0.15, -0.1) is 0 Å². The summed E-state index contributed by atoms with van der Waals surface area (Å²) in [4.78, 5) is 12.8. The summed E-state index contributed by atoms with van der Waals surface area (Å²) < 4.78 is 0. The highest BCUT2D eigenvalue weighted by Crippen LogP contribution is 2.06. The van der Waals surface area contributed by atoms with E-state index in [1.807, 2.05) is 39.8 Å². The van der Waals surface area contributed by atoms with E-state index in [0.29, 0.717) is 6.54 Å². The highest BCUT2D eigenvalue weighted by molar-refractivity contribution is 5.75. The van der Waals surface area contributed by atoms with Gasteiger partial charge in [0.2, 0.25) is 5.91 Å². The number of nitrogens with zero attached hydrogens (tertiary/aromatic N) is 1. The lowest BCUT2D eigenvalue weighted by atomic mass is 10.2. The predicted molar refractivity (Wildman–Crippen MR) is 72.1 cm³/mol. The molecule has 0 aromatic heterocycles. The molecule has 0 unspecified atom stereocenters. The van der Waals surface area contributed by atoms with Gasteiger partial charge in [-0.3, -0.25) is 4.79 Å². The molecule has 0 aliphatic heterocycles. The van der Waals surface area contributed by atoms with Gasteiger partial charge in [0.05, 0.1) is 0 Å². The van der Waals surface area contributed by atoms with Gasteiger partial charge < -0.3 is 4.90 Å². The Kier molecular flexibility index (Phi) is 10.9. The molecule has 0 aromatic carbocycles. The molecule has 0 N–H and O–H groups in total. The van der Waals surface area contributed by atoms with Crippen LogP contribution in [0, 0.1) is 0 Å². The Labute approximate surface area is 100 Å². The van der Waals surface area contributed by atoms with Crippen molar-refractivity contribution < 1.29 is 4.79 Å². The minimum atomic E-state index is 0.0178. The van der Waals surface area contributed by atoms with Crippen LogP contribution in [0.4, 0.5) is 0 Å². The van der Waals surface area contributed by atoms with E-state index in [1.165, 1.54) is 6.92 Å². The summed E-state index contributed by atoms with van der Waals surface area (Å²) in [6, 6.07) is 0. The molecule has 0 saturated heterocycles. The van der Waals surface area contributed by atoms with Gasteiger partial charge in [-0.05, 0) is 19.4 Å². The summed E-state index contributed by atoms with van der Waals surface area (Å²) in [6.45, 7) is 17.8. The Morgan fingerprint density at radius 1 is 1.19 bits per heavy atom. The van der Waals surface area contributed by atoms with Gasteiger partial charge in [0.15, 0.2) is 0 Å². The molecule has 2 heteroatoms. The van der Waals surface area contributed by atoms with Gasteiger partial charge in [0, 0.05) is 19.2 Å². The van der Waals surface area contributed by atoms with Crippen LogP contribution < -0.4 is 0 Å². The van der Waals surface area contributed by atoms with Crippen LogP contribution in [-0.2, 0) is 4.79 Å². The van der Waals surface area contributed by atoms with Crippen molar-refractivity contribution >= 4 is 5.91 Å². The molecule has 0 saturated carbocycles. The molecular formula is C14H25NO. The number of carbonyl (C=O) groups is 1. The second-order valence-corrected chi connectivity index (χ2v) is 3.10. The summed E-state index contributed by atoms with van der Waals surface area (Å²) >= 11 is 0. The fraction of sp³-hybridized carbons (Fsp3) is 0.500. The van der Waals surface area contributed by atoms with Gasteiger partial charge in [0.25, 0.3) is 0 Å². The molecule has 0 heterocycles. The Morgan fingerprint density at radius 3 is 2.00 bits per heavy atom. The maximum Gasteiger partial charge on any atom is 0.223 e. The Hall–Kier alpha value is -1.31. The van der Waals surface area contributed by atoms with Crippen LogP contribution in [0.15, 0.2) is 36.6 Å². The number of hydrogen-bond donors (Lipinski definition) is 0. The molecule has 1 amide bonds. The molecule has 0 atom stereocenters. The Balaban J connectivity index is 0. The molecule has 0 fully saturated rings. The Bertz CT molecular complexity index is 264. The van der Waals surface area contributed by atoms with Gasteiger partial charge in [-0.2, -0.15) is 0 Å². The maximum atomic E-state index is 11.1. The second-order valence-electron chi connectivity index (χ2n) is 3.10. The molecule has 16 heavy (non-hydrogen) atoms. The van der Waals surface area contributed by atoms with E-state index in [1.54, 1.807) is 4.90 Å². The minimum absolute atomic E-state index is 0.0178. The average Bonchev–Trinajstić information content (AvgIpc) is 2.29. The number of likely N-dealkylation sites (N-methyl/N-ethyl adjacent to an activating group) is 1. The van der Waals surface area contributed by atoms with Crippen LogP contribution in [0.3, 0.4) is 0 Å². The molecule has 0 rings (SSSR count). The SMILES string of the molecule is C=C(/C=C\C(=C)N(CC)C(C)=O)CC.CC. The predicted octanol–water partition coefficient (Wildman–Crippen LogP) is 3.92. The average molecular weight is 223 g/mol. The van der Waals surface area contributed by atoms with Crippen molar-refractivity contribution in [1.82, 2.24) is 4.90 Å². The third-order valence-electron chi connectivity index (χ3n) is 2.01. The fourth-order valence-electron chi connectivity index (χ4n) is 1.05. The molecule has 0 radical (unpaired) electrons. The molecule has 2 nitrogen and oxygen atoms in total. The van der Waals surface area contributed by atoms with E-state index in [4.69, 9.17) is 0 Å². The van der Waals surface area contributed by atoms with Crippen LogP contribution in [-0.4, -0.2) is 17.4 Å². The van der Waals surface area contributed by atoms with Crippen molar-refractivity contribution in [2.24, 2.45) is 0 Å². The summed E-state index contributed by atoms with van der Waals surface area (Å²) in [7, 11) is 0. The van der Waals surface area contributed by atoms with E-state index in [9.17, 15) is 4.79 Å². The number of rotatable bonds is 5. The van der Waals surface area contributed by atoms with Crippen molar-refractivity contribution in [3.63, 3.8) is 0 Å². The van der Waals surface area contributed by atoms with Gasteiger partial charge in [0.1, 0.15) is 0 Å². The lowest BCUT2D eigenvalue weighted by Gasteiger charge is -2.18. The minimum Gasteiger partial charge on any atom is -0.314 e. The quantitative estimate of drug-likeness (QED) is 0.647. The fourth-order valence-corrected chi connectivity index (χ4v) is 1.05. The van der Waals surface area contributed by atoms with E-state index in [0.717, 1.165) is 17.7 Å². The molecule has 0 bridgehead atoms. The largest absolute Gasteiger partial charge is 0.314 e. The maximum absolute atomic E-state index is 11.1. The summed E-state index contributed by atoms with van der Waals surface area (Å²) in [5, 5.41) is 0. The summed E-state index contributed by atoms with van der Waals surface area (Å²) in [5.41, 5.74) is 1.75. The van der Waals surface area contributed by atoms with Crippen LogP contribution >= 0.6 is 0 Å². The zero-order chi connectivity index (χ0) is 13.1. The van der Waals surface area contributed by atoms with Gasteiger partial charge in [-0.25, -0.2) is 0 Å². The molecular weight excluding hydrogens is 198 g/mol. The van der Waals surface area contributed by atoms with Crippen molar-refractivity contribution in [3.05, 3.63) is 36.6 Å². The second kappa shape index (κ2) is 10.2. The first-order chi connectivity index (χ1) is 7.52. The van der Waals surface area contributed by atoms with E-state index in [-0.39, 0.29) is 5.91 Å². The monoisotopic (exact) mass is 223 g/mol. The highest BCUT2D eigenvalue weighted by Gasteiger charge is 2.06. The van der Waals surface area contributed by atoms with E-state index >= 15 is 0 Å². The third kappa shape index (κ3) is 7.04. The molecule has 92 valence electrons.